The van der Waals surface area contributed by atoms with Gasteiger partial charge < -0.3 is 23.8 Å². The monoisotopic (exact) mass is 659 g/mol. The molecule has 5 aromatic rings. The third kappa shape index (κ3) is 5.07. The minimum absolute atomic E-state index is 0. The van der Waals surface area contributed by atoms with E-state index < -0.39 is 0 Å². The van der Waals surface area contributed by atoms with E-state index in [1.165, 1.54) is 11.1 Å². The molecule has 0 aliphatic carbocycles. The molecule has 0 amide bonds. The maximum Gasteiger partial charge on any atom is 0.241 e. The van der Waals surface area contributed by atoms with Crippen LogP contribution in [0.2, 0.25) is 0 Å². The van der Waals surface area contributed by atoms with Crippen LogP contribution in [0.4, 0.5) is 0 Å². The summed E-state index contributed by atoms with van der Waals surface area (Å²) in [4.78, 5) is 13.8. The van der Waals surface area contributed by atoms with Crippen LogP contribution in [0.25, 0.3) is 23.0 Å². The van der Waals surface area contributed by atoms with Crippen LogP contribution in [0.5, 0.6) is 11.6 Å². The molecule has 8 heteroatoms. The van der Waals surface area contributed by atoms with E-state index in [0.717, 1.165) is 11.4 Å². The van der Waals surface area contributed by atoms with E-state index in [1.54, 1.807) is 12.4 Å². The van der Waals surface area contributed by atoms with Crippen molar-refractivity contribution in [1.82, 2.24) is 24.1 Å². The minimum atomic E-state index is 0. The van der Waals surface area contributed by atoms with Gasteiger partial charge in [-0.15, -0.1) is 12.1 Å². The average molecular weight is 660 g/mol. The smallest absolute Gasteiger partial charge is 0.241 e. The molecule has 0 saturated heterocycles. The van der Waals surface area contributed by atoms with Gasteiger partial charge in [-0.25, -0.2) is 4.98 Å². The first-order valence-electron chi connectivity index (χ1n) is 11.7. The second kappa shape index (κ2) is 10.7. The summed E-state index contributed by atoms with van der Waals surface area (Å²) in [6, 6.07) is 15.4. The van der Waals surface area contributed by atoms with Crippen molar-refractivity contribution in [2.24, 2.45) is 7.05 Å². The Balaban J connectivity index is 0.00000304. The Morgan fingerprint density at radius 3 is 2.36 bits per heavy atom. The summed E-state index contributed by atoms with van der Waals surface area (Å²) in [6.07, 6.45) is 12.4. The fraction of sp³-hybridized carbons (Fsp3) is 0.250. The van der Waals surface area contributed by atoms with Gasteiger partial charge in [-0.05, 0) is 35.0 Å². The Hall–Kier alpha value is -3.44. The fourth-order valence-corrected chi connectivity index (χ4v) is 4.16. The van der Waals surface area contributed by atoms with Crippen molar-refractivity contribution >= 4 is 0 Å². The van der Waals surface area contributed by atoms with E-state index >= 15 is 0 Å². The van der Waals surface area contributed by atoms with Crippen LogP contribution < -0.4 is 14.3 Å². The minimum Gasteiger partial charge on any atom is -0.488 e. The molecule has 3 heterocycles. The maximum atomic E-state index is 6.00. The Morgan fingerprint density at radius 1 is 0.972 bits per heavy atom. The number of nitrogens with zero attached hydrogens (tertiary/aromatic N) is 6. The van der Waals surface area contributed by atoms with Gasteiger partial charge in [0.1, 0.15) is 11.7 Å². The molecule has 0 aliphatic heterocycles. The number of hydrogen-bond acceptors (Lipinski definition) is 3. The predicted molar refractivity (Wildman–Crippen MR) is 133 cm³/mol. The molecule has 2 aromatic carbocycles. The molecule has 0 unspecified atom stereocenters. The van der Waals surface area contributed by atoms with Crippen molar-refractivity contribution in [3.8, 4) is 34.7 Å². The largest absolute Gasteiger partial charge is 0.488 e. The normalized spacial score (nSPS) is 11.2. The number of ether oxygens (including phenoxy) is 1. The average Bonchev–Trinajstić information content (AvgIpc) is 3.59. The molecule has 7 nitrogen and oxygen atoms in total. The zero-order valence-corrected chi connectivity index (χ0v) is 23.2. The van der Waals surface area contributed by atoms with Gasteiger partial charge in [0.15, 0.2) is 0 Å². The molecular formula is C28H28N6OPt-2. The summed E-state index contributed by atoms with van der Waals surface area (Å²) in [6.45, 7) is 8.84. The van der Waals surface area contributed by atoms with Crippen molar-refractivity contribution in [3.05, 3.63) is 90.9 Å². The van der Waals surface area contributed by atoms with Gasteiger partial charge in [0, 0.05) is 51.6 Å². The maximum absolute atomic E-state index is 6.00. The molecule has 36 heavy (non-hydrogen) atoms. The van der Waals surface area contributed by atoms with Gasteiger partial charge in [0.2, 0.25) is 6.33 Å². The van der Waals surface area contributed by atoms with Crippen LogP contribution in [0.1, 0.15) is 50.7 Å². The van der Waals surface area contributed by atoms with Crippen molar-refractivity contribution in [3.63, 3.8) is 0 Å². The molecule has 3 aromatic heterocycles. The Morgan fingerprint density at radius 2 is 1.69 bits per heavy atom. The Labute approximate surface area is 226 Å². The second-order valence-corrected chi connectivity index (χ2v) is 9.13. The predicted octanol–water partition coefficient (Wildman–Crippen LogP) is 5.14. The zero-order valence-electron chi connectivity index (χ0n) is 20.9. The molecule has 0 saturated carbocycles. The van der Waals surface area contributed by atoms with E-state index in [0.29, 0.717) is 35.1 Å². The van der Waals surface area contributed by atoms with Gasteiger partial charge in [-0.2, -0.15) is 12.1 Å². The van der Waals surface area contributed by atoms with Crippen molar-refractivity contribution in [1.29, 1.82) is 0 Å². The summed E-state index contributed by atoms with van der Waals surface area (Å²) in [5.74, 6) is 2.87. The number of para-hydroxylation sites is 1. The standard InChI is InChI=1S/C28H28N6O.Pt/c1-19(2)23-10-7-11-24(20(3)4)26(23)34-13-12-29-28(34)27-30-17-25(31-27)35-22-9-6-8-21(16-22)33-15-14-32(5)18-33;/h6-15,17,19-20H,1-5H3;/q-2;. The van der Waals surface area contributed by atoms with Crippen LogP contribution in [0, 0.1) is 12.4 Å². The van der Waals surface area contributed by atoms with Gasteiger partial charge in [-0.1, -0.05) is 51.6 Å². The van der Waals surface area contributed by atoms with Crippen molar-refractivity contribution < 1.29 is 30.4 Å². The topological polar surface area (TPSA) is 62.9 Å². The van der Waals surface area contributed by atoms with Gasteiger partial charge in [0.05, 0.1) is 12.7 Å². The quantitative estimate of drug-likeness (QED) is 0.179. The molecule has 0 N–H and O–H groups in total. The van der Waals surface area contributed by atoms with Crippen LogP contribution in [-0.4, -0.2) is 19.1 Å². The third-order valence-electron chi connectivity index (χ3n) is 5.87. The van der Waals surface area contributed by atoms with Crippen LogP contribution in [0.3, 0.4) is 0 Å². The number of benzene rings is 2. The second-order valence-electron chi connectivity index (χ2n) is 9.13. The first kappa shape index (κ1) is 25.6. The molecule has 0 spiro atoms. The van der Waals surface area contributed by atoms with Gasteiger partial charge in [-0.3, -0.25) is 4.57 Å². The van der Waals surface area contributed by atoms with Crippen molar-refractivity contribution in [2.75, 3.05) is 0 Å². The van der Waals surface area contributed by atoms with Crippen LogP contribution in [-0.2, 0) is 28.1 Å². The van der Waals surface area contributed by atoms with Crippen LogP contribution >= 0.6 is 0 Å². The molecule has 0 radical (unpaired) electrons. The zero-order chi connectivity index (χ0) is 24.5. The summed E-state index contributed by atoms with van der Waals surface area (Å²) in [5, 5.41) is 0. The van der Waals surface area contributed by atoms with E-state index in [4.69, 9.17) is 4.74 Å². The fourth-order valence-electron chi connectivity index (χ4n) is 4.16. The van der Waals surface area contributed by atoms with E-state index in [2.05, 4.69) is 77.8 Å². The van der Waals surface area contributed by atoms with Gasteiger partial charge in [0.25, 0.3) is 0 Å². The summed E-state index contributed by atoms with van der Waals surface area (Å²) >= 11 is 0. The number of rotatable bonds is 7. The van der Waals surface area contributed by atoms with E-state index in [9.17, 15) is 0 Å². The summed E-state index contributed by atoms with van der Waals surface area (Å²) < 4.78 is 11.8. The molecule has 0 atom stereocenters. The number of aromatic nitrogens is 6. The van der Waals surface area contributed by atoms with E-state index in [1.807, 2.05) is 53.0 Å². The molecule has 0 fully saturated rings. The van der Waals surface area contributed by atoms with Crippen molar-refractivity contribution in [2.45, 2.75) is 39.5 Å². The molecule has 188 valence electrons. The van der Waals surface area contributed by atoms with Gasteiger partial charge >= 0.3 is 0 Å². The molecular weight excluding hydrogens is 631 g/mol. The first-order valence-corrected chi connectivity index (χ1v) is 11.7. The first-order chi connectivity index (χ1) is 16.9. The molecule has 0 aliphatic rings. The molecule has 5 rings (SSSR count). The number of hydrogen-bond donors (Lipinski definition) is 0. The summed E-state index contributed by atoms with van der Waals surface area (Å²) in [7, 11) is 1.92. The Bertz CT molecular complexity index is 1440. The van der Waals surface area contributed by atoms with E-state index in [-0.39, 0.29) is 21.1 Å². The number of imidazole rings is 3. The third-order valence-corrected chi connectivity index (χ3v) is 5.87. The summed E-state index contributed by atoms with van der Waals surface area (Å²) in [5.41, 5.74) is 4.50. The number of aryl methyl sites for hydroxylation is 1. The SMILES string of the molecule is CC(C)c1cccc(C(C)C)c1-n1ccnc1-c1ncc(Oc2[c-]c(-[n+]3[c-]n(C)cc3)ccc2)[n-]1.[Pt]. The molecule has 0 bridgehead atoms. The Kier molecular flexibility index (Phi) is 7.60. The van der Waals surface area contributed by atoms with Crippen LogP contribution in [0.15, 0.2) is 67.4 Å².